The van der Waals surface area contributed by atoms with E-state index in [0.29, 0.717) is 31.0 Å². The molecule has 1 unspecified atom stereocenters. The number of hydrogen-bond donors (Lipinski definition) is 1. The van der Waals surface area contributed by atoms with Crippen LogP contribution < -0.4 is 5.32 Å². The van der Waals surface area contributed by atoms with Crippen LogP contribution in [0.2, 0.25) is 5.02 Å². The highest BCUT2D eigenvalue weighted by Crippen LogP contribution is 2.25. The third-order valence-corrected chi connectivity index (χ3v) is 7.54. The molecular formula is C22H23ClN4O3S. The Bertz CT molecular complexity index is 1130. The van der Waals surface area contributed by atoms with Crippen molar-refractivity contribution in [3.63, 3.8) is 0 Å². The van der Waals surface area contributed by atoms with Gasteiger partial charge in [0.25, 0.3) is 0 Å². The number of halogens is 1. The number of nitrogens with one attached hydrogen (secondary N) is 1. The highest BCUT2D eigenvalue weighted by Gasteiger charge is 2.33. The SMILES string of the molecule is O=C(NCc1ccc(-n2ccnc2)cc1)C1CCCN(S(=O)(=O)c2ccc(Cl)cc2)C1. The van der Waals surface area contributed by atoms with Crippen molar-refractivity contribution in [1.29, 1.82) is 0 Å². The zero-order valence-electron chi connectivity index (χ0n) is 16.8. The molecular weight excluding hydrogens is 436 g/mol. The molecule has 0 radical (unpaired) electrons. The standard InChI is InChI=1S/C22H23ClN4O3S/c23-19-5-9-21(10-6-19)31(29,30)27-12-1-2-18(15-27)22(28)25-14-17-3-7-20(8-4-17)26-13-11-24-16-26/h3-11,13,16,18H,1-2,12,14-15H2,(H,25,28). The molecule has 3 aromatic rings. The zero-order chi connectivity index (χ0) is 21.8. The maximum absolute atomic E-state index is 12.9. The third kappa shape index (κ3) is 4.98. The Morgan fingerprint density at radius 3 is 2.55 bits per heavy atom. The Morgan fingerprint density at radius 1 is 1.13 bits per heavy atom. The van der Waals surface area contributed by atoms with E-state index in [0.717, 1.165) is 11.3 Å². The summed E-state index contributed by atoms with van der Waals surface area (Å²) in [7, 11) is -3.65. The van der Waals surface area contributed by atoms with E-state index in [1.165, 1.54) is 16.4 Å². The van der Waals surface area contributed by atoms with Crippen molar-refractivity contribution < 1.29 is 13.2 Å². The molecule has 1 aliphatic heterocycles. The Kier molecular flexibility index (Phi) is 6.41. The Balaban J connectivity index is 1.36. The number of imidazole rings is 1. The maximum Gasteiger partial charge on any atom is 0.243 e. The number of amides is 1. The second kappa shape index (κ2) is 9.21. The minimum Gasteiger partial charge on any atom is -0.352 e. The molecule has 4 rings (SSSR count). The number of nitrogens with zero attached hydrogens (tertiary/aromatic N) is 3. The average molecular weight is 459 g/mol. The van der Waals surface area contributed by atoms with E-state index in [4.69, 9.17) is 11.6 Å². The van der Waals surface area contributed by atoms with Crippen molar-refractivity contribution >= 4 is 27.5 Å². The van der Waals surface area contributed by atoms with Gasteiger partial charge in [0.05, 0.1) is 17.1 Å². The largest absolute Gasteiger partial charge is 0.352 e. The van der Waals surface area contributed by atoms with Crippen molar-refractivity contribution in [1.82, 2.24) is 19.2 Å². The van der Waals surface area contributed by atoms with E-state index >= 15 is 0 Å². The summed E-state index contributed by atoms with van der Waals surface area (Å²) in [6, 6.07) is 13.9. The quantitative estimate of drug-likeness (QED) is 0.614. The Labute approximate surface area is 186 Å². The second-order valence-electron chi connectivity index (χ2n) is 7.51. The van der Waals surface area contributed by atoms with Gasteiger partial charge in [-0.15, -0.1) is 0 Å². The van der Waals surface area contributed by atoms with Crippen LogP contribution in [0.15, 0.2) is 72.1 Å². The molecule has 1 aromatic heterocycles. The van der Waals surface area contributed by atoms with Crippen LogP contribution in [0.3, 0.4) is 0 Å². The lowest BCUT2D eigenvalue weighted by Crippen LogP contribution is -2.45. The van der Waals surface area contributed by atoms with Gasteiger partial charge in [0.15, 0.2) is 0 Å². The number of carbonyl (C=O) groups excluding carboxylic acids is 1. The van der Waals surface area contributed by atoms with Crippen LogP contribution >= 0.6 is 11.6 Å². The summed E-state index contributed by atoms with van der Waals surface area (Å²) in [5.41, 5.74) is 1.96. The number of sulfonamides is 1. The first kappa shape index (κ1) is 21.5. The first-order valence-corrected chi connectivity index (χ1v) is 11.9. The summed E-state index contributed by atoms with van der Waals surface area (Å²) < 4.78 is 29.1. The van der Waals surface area contributed by atoms with Gasteiger partial charge in [0, 0.05) is 42.7 Å². The van der Waals surface area contributed by atoms with Gasteiger partial charge in [0.1, 0.15) is 0 Å². The Morgan fingerprint density at radius 2 is 1.87 bits per heavy atom. The summed E-state index contributed by atoms with van der Waals surface area (Å²) in [5.74, 6) is -0.504. The van der Waals surface area contributed by atoms with Crippen molar-refractivity contribution in [3.8, 4) is 5.69 Å². The summed E-state index contributed by atoms with van der Waals surface area (Å²) in [6.07, 6.45) is 6.62. The lowest BCUT2D eigenvalue weighted by molar-refractivity contribution is -0.126. The van der Waals surface area contributed by atoms with E-state index in [-0.39, 0.29) is 23.3 Å². The predicted octanol–water partition coefficient (Wildman–Crippen LogP) is 3.24. The average Bonchev–Trinajstić information content (AvgIpc) is 3.33. The molecule has 9 heteroatoms. The molecule has 1 N–H and O–H groups in total. The number of benzene rings is 2. The monoisotopic (exact) mass is 458 g/mol. The van der Waals surface area contributed by atoms with Gasteiger partial charge in [-0.1, -0.05) is 23.7 Å². The molecule has 1 fully saturated rings. The topological polar surface area (TPSA) is 84.3 Å². The van der Waals surface area contributed by atoms with E-state index in [1.807, 2.05) is 35.0 Å². The first-order valence-electron chi connectivity index (χ1n) is 10.0. The number of carbonyl (C=O) groups is 1. The van der Waals surface area contributed by atoms with Crippen molar-refractivity contribution in [2.24, 2.45) is 5.92 Å². The lowest BCUT2D eigenvalue weighted by Gasteiger charge is -2.31. The van der Waals surface area contributed by atoms with Crippen LogP contribution in [-0.4, -0.2) is 41.3 Å². The van der Waals surface area contributed by atoms with E-state index in [1.54, 1.807) is 24.7 Å². The highest BCUT2D eigenvalue weighted by molar-refractivity contribution is 7.89. The molecule has 0 spiro atoms. The van der Waals surface area contributed by atoms with Gasteiger partial charge >= 0.3 is 0 Å². The number of aromatic nitrogens is 2. The van der Waals surface area contributed by atoms with E-state index in [9.17, 15) is 13.2 Å². The van der Waals surface area contributed by atoms with Crippen LogP contribution in [0.5, 0.6) is 0 Å². The fourth-order valence-corrected chi connectivity index (χ4v) is 5.31. The number of rotatable bonds is 6. The van der Waals surface area contributed by atoms with Gasteiger partial charge in [-0.3, -0.25) is 4.79 Å². The molecule has 7 nitrogen and oxygen atoms in total. The van der Waals surface area contributed by atoms with Crippen LogP contribution in [0.1, 0.15) is 18.4 Å². The first-order chi connectivity index (χ1) is 14.9. The predicted molar refractivity (Wildman–Crippen MR) is 118 cm³/mol. The van der Waals surface area contributed by atoms with Gasteiger partial charge in [0.2, 0.25) is 15.9 Å². The van der Waals surface area contributed by atoms with Crippen molar-refractivity contribution in [2.75, 3.05) is 13.1 Å². The lowest BCUT2D eigenvalue weighted by atomic mass is 9.99. The van der Waals surface area contributed by atoms with E-state index < -0.39 is 10.0 Å². The molecule has 31 heavy (non-hydrogen) atoms. The maximum atomic E-state index is 12.9. The van der Waals surface area contributed by atoms with Gasteiger partial charge in [-0.2, -0.15) is 4.31 Å². The van der Waals surface area contributed by atoms with Crippen LogP contribution in [-0.2, 0) is 21.4 Å². The summed E-state index contributed by atoms with van der Waals surface area (Å²) >= 11 is 5.87. The fraction of sp³-hybridized carbons (Fsp3) is 0.273. The van der Waals surface area contributed by atoms with Gasteiger partial charge in [-0.25, -0.2) is 13.4 Å². The molecule has 1 aliphatic rings. The molecule has 0 bridgehead atoms. The summed E-state index contributed by atoms with van der Waals surface area (Å²) in [4.78, 5) is 16.9. The zero-order valence-corrected chi connectivity index (χ0v) is 18.4. The minimum absolute atomic E-state index is 0.130. The van der Waals surface area contributed by atoms with Crippen molar-refractivity contribution in [2.45, 2.75) is 24.3 Å². The highest BCUT2D eigenvalue weighted by atomic mass is 35.5. The fourth-order valence-electron chi connectivity index (χ4n) is 3.66. The molecule has 0 aliphatic carbocycles. The van der Waals surface area contributed by atoms with Gasteiger partial charge < -0.3 is 9.88 Å². The number of hydrogen-bond acceptors (Lipinski definition) is 4. The molecule has 1 atom stereocenters. The third-order valence-electron chi connectivity index (χ3n) is 5.41. The summed E-state index contributed by atoms with van der Waals surface area (Å²) in [6.45, 7) is 0.976. The molecule has 1 saturated heterocycles. The second-order valence-corrected chi connectivity index (χ2v) is 9.88. The van der Waals surface area contributed by atoms with Crippen LogP contribution in [0, 0.1) is 5.92 Å². The molecule has 0 saturated carbocycles. The smallest absolute Gasteiger partial charge is 0.243 e. The number of piperidine rings is 1. The molecule has 2 aromatic carbocycles. The van der Waals surface area contributed by atoms with Crippen LogP contribution in [0.25, 0.3) is 5.69 Å². The van der Waals surface area contributed by atoms with Crippen LogP contribution in [0.4, 0.5) is 0 Å². The van der Waals surface area contributed by atoms with Gasteiger partial charge in [-0.05, 0) is 54.8 Å². The normalized spacial score (nSPS) is 17.4. The molecule has 162 valence electrons. The van der Waals surface area contributed by atoms with E-state index in [2.05, 4.69) is 10.3 Å². The summed E-state index contributed by atoms with van der Waals surface area (Å²) in [5, 5.41) is 3.42. The minimum atomic E-state index is -3.65. The van der Waals surface area contributed by atoms with Crippen molar-refractivity contribution in [3.05, 3.63) is 77.8 Å². The molecule has 2 heterocycles. The molecule has 1 amide bonds. The Hall–Kier alpha value is -2.68.